The first kappa shape index (κ1) is 20.8. The Bertz CT molecular complexity index is 683. The van der Waals surface area contributed by atoms with Gasteiger partial charge in [0.05, 0.1) is 12.6 Å². The molecular formula is C22H32N4O. The molecule has 1 unspecified atom stereocenters. The van der Waals surface area contributed by atoms with Gasteiger partial charge in [0.1, 0.15) is 5.75 Å². The summed E-state index contributed by atoms with van der Waals surface area (Å²) >= 11 is 0. The Morgan fingerprint density at radius 1 is 1.07 bits per heavy atom. The predicted molar refractivity (Wildman–Crippen MR) is 113 cm³/mol. The van der Waals surface area contributed by atoms with Crippen molar-refractivity contribution in [3.63, 3.8) is 0 Å². The topological polar surface area (TPSA) is 48.9 Å². The van der Waals surface area contributed by atoms with E-state index in [0.717, 1.165) is 31.3 Å². The fourth-order valence-electron chi connectivity index (χ4n) is 2.68. The van der Waals surface area contributed by atoms with Crippen LogP contribution in [0.15, 0.2) is 59.6 Å². The largest absolute Gasteiger partial charge is 0.494 e. The van der Waals surface area contributed by atoms with Gasteiger partial charge in [-0.3, -0.25) is 4.99 Å². The van der Waals surface area contributed by atoms with Crippen LogP contribution in [0, 0.1) is 0 Å². The smallest absolute Gasteiger partial charge is 0.191 e. The molecule has 2 aromatic carbocycles. The third-order valence-electron chi connectivity index (χ3n) is 4.28. The van der Waals surface area contributed by atoms with Crippen molar-refractivity contribution in [2.24, 2.45) is 4.99 Å². The zero-order valence-corrected chi connectivity index (χ0v) is 16.9. The second-order valence-corrected chi connectivity index (χ2v) is 6.85. The minimum atomic E-state index is 0.190. The van der Waals surface area contributed by atoms with Crippen molar-refractivity contribution in [1.29, 1.82) is 0 Å². The fraction of sp³-hybridized carbons (Fsp3) is 0.409. The summed E-state index contributed by atoms with van der Waals surface area (Å²) in [6, 6.07) is 18.8. The van der Waals surface area contributed by atoms with E-state index >= 15 is 0 Å². The quantitative estimate of drug-likeness (QED) is 0.404. The Balaban J connectivity index is 1.77. The number of rotatable bonds is 9. The first-order valence-corrected chi connectivity index (χ1v) is 9.47. The Hall–Kier alpha value is -2.53. The first-order valence-electron chi connectivity index (χ1n) is 9.47. The molecule has 0 bridgehead atoms. The van der Waals surface area contributed by atoms with Crippen LogP contribution in [0.2, 0.25) is 0 Å². The van der Waals surface area contributed by atoms with E-state index in [-0.39, 0.29) is 6.04 Å². The maximum Gasteiger partial charge on any atom is 0.191 e. The van der Waals surface area contributed by atoms with Gasteiger partial charge in [-0.05, 0) is 50.7 Å². The second-order valence-electron chi connectivity index (χ2n) is 6.85. The summed E-state index contributed by atoms with van der Waals surface area (Å²) in [4.78, 5) is 6.48. The van der Waals surface area contributed by atoms with Crippen molar-refractivity contribution in [3.8, 4) is 5.75 Å². The molecule has 2 aromatic rings. The van der Waals surface area contributed by atoms with Crippen LogP contribution in [0.4, 0.5) is 0 Å². The minimum absolute atomic E-state index is 0.190. The highest BCUT2D eigenvalue weighted by molar-refractivity contribution is 5.80. The average Bonchev–Trinajstić information content (AvgIpc) is 2.69. The molecule has 5 heteroatoms. The molecule has 0 aliphatic carbocycles. The van der Waals surface area contributed by atoms with Gasteiger partial charge in [0.15, 0.2) is 5.96 Å². The maximum atomic E-state index is 5.78. The number of ether oxygens (including phenoxy) is 1. The standard InChI is InChI=1S/C22H32N4O/c1-18(20-9-6-5-7-10-20)25-22(23-2)24-17-19-11-13-21(14-12-19)27-16-8-15-26(3)4/h5-7,9-14,18H,8,15-17H2,1-4H3,(H2,23,24,25). The molecule has 27 heavy (non-hydrogen) atoms. The van der Waals surface area contributed by atoms with Crippen molar-refractivity contribution >= 4 is 5.96 Å². The van der Waals surface area contributed by atoms with Gasteiger partial charge < -0.3 is 20.3 Å². The fourth-order valence-corrected chi connectivity index (χ4v) is 2.68. The summed E-state index contributed by atoms with van der Waals surface area (Å²) in [5.74, 6) is 1.70. The summed E-state index contributed by atoms with van der Waals surface area (Å²) in [5, 5.41) is 6.78. The van der Waals surface area contributed by atoms with Crippen LogP contribution in [-0.2, 0) is 6.54 Å². The molecular weight excluding hydrogens is 336 g/mol. The molecule has 0 radical (unpaired) electrons. The molecule has 0 fully saturated rings. The third-order valence-corrected chi connectivity index (χ3v) is 4.28. The summed E-state index contributed by atoms with van der Waals surface area (Å²) in [6.07, 6.45) is 1.03. The van der Waals surface area contributed by atoms with Crippen molar-refractivity contribution in [2.45, 2.75) is 25.9 Å². The Labute approximate surface area is 163 Å². The van der Waals surface area contributed by atoms with E-state index in [1.807, 2.05) is 30.3 Å². The summed E-state index contributed by atoms with van der Waals surface area (Å²) in [5.41, 5.74) is 2.42. The SMILES string of the molecule is CN=C(NCc1ccc(OCCCN(C)C)cc1)NC(C)c1ccccc1. The molecule has 1 atom stereocenters. The van der Waals surface area contributed by atoms with Crippen LogP contribution < -0.4 is 15.4 Å². The number of nitrogens with one attached hydrogen (secondary N) is 2. The van der Waals surface area contributed by atoms with Gasteiger partial charge in [-0.1, -0.05) is 42.5 Å². The van der Waals surface area contributed by atoms with Gasteiger partial charge in [0.2, 0.25) is 0 Å². The van der Waals surface area contributed by atoms with Crippen molar-refractivity contribution in [2.75, 3.05) is 34.3 Å². The molecule has 0 aliphatic heterocycles. The number of guanidine groups is 1. The van der Waals surface area contributed by atoms with E-state index in [9.17, 15) is 0 Å². The first-order chi connectivity index (χ1) is 13.1. The zero-order valence-electron chi connectivity index (χ0n) is 16.9. The van der Waals surface area contributed by atoms with E-state index in [1.165, 1.54) is 11.1 Å². The highest BCUT2D eigenvalue weighted by Crippen LogP contribution is 2.13. The van der Waals surface area contributed by atoms with Gasteiger partial charge in [-0.15, -0.1) is 0 Å². The molecule has 0 aliphatic rings. The van der Waals surface area contributed by atoms with Gasteiger partial charge in [-0.25, -0.2) is 0 Å². The molecule has 2 N–H and O–H groups in total. The molecule has 0 spiro atoms. The maximum absolute atomic E-state index is 5.78. The van der Waals surface area contributed by atoms with Crippen LogP contribution in [0.25, 0.3) is 0 Å². The lowest BCUT2D eigenvalue weighted by atomic mass is 10.1. The molecule has 0 amide bonds. The zero-order chi connectivity index (χ0) is 19.5. The molecule has 0 aromatic heterocycles. The number of hydrogen-bond donors (Lipinski definition) is 2. The van der Waals surface area contributed by atoms with E-state index in [1.54, 1.807) is 7.05 Å². The summed E-state index contributed by atoms with van der Waals surface area (Å²) in [7, 11) is 5.94. The summed E-state index contributed by atoms with van der Waals surface area (Å²) < 4.78 is 5.78. The van der Waals surface area contributed by atoms with Gasteiger partial charge in [0, 0.05) is 20.1 Å². The van der Waals surface area contributed by atoms with E-state index < -0.39 is 0 Å². The minimum Gasteiger partial charge on any atom is -0.494 e. The monoisotopic (exact) mass is 368 g/mol. The van der Waals surface area contributed by atoms with E-state index in [0.29, 0.717) is 6.54 Å². The summed E-state index contributed by atoms with van der Waals surface area (Å²) in [6.45, 7) is 4.62. The normalized spacial score (nSPS) is 12.7. The van der Waals surface area contributed by atoms with Crippen LogP contribution in [0.5, 0.6) is 5.75 Å². The van der Waals surface area contributed by atoms with E-state index in [2.05, 4.69) is 65.8 Å². The third kappa shape index (κ3) is 7.71. The van der Waals surface area contributed by atoms with E-state index in [4.69, 9.17) is 4.74 Å². The average molecular weight is 369 g/mol. The second kappa shape index (κ2) is 11.2. The van der Waals surface area contributed by atoms with Gasteiger partial charge >= 0.3 is 0 Å². The lowest BCUT2D eigenvalue weighted by Crippen LogP contribution is -2.38. The molecule has 5 nitrogen and oxygen atoms in total. The van der Waals surface area contributed by atoms with Crippen LogP contribution in [0.1, 0.15) is 30.5 Å². The van der Waals surface area contributed by atoms with Crippen molar-refractivity contribution in [1.82, 2.24) is 15.5 Å². The van der Waals surface area contributed by atoms with Crippen molar-refractivity contribution < 1.29 is 4.74 Å². The molecule has 0 saturated heterocycles. The lowest BCUT2D eigenvalue weighted by molar-refractivity contribution is 0.281. The lowest BCUT2D eigenvalue weighted by Gasteiger charge is -2.18. The Kier molecular flexibility index (Phi) is 8.65. The highest BCUT2D eigenvalue weighted by Gasteiger charge is 2.07. The molecule has 0 saturated carbocycles. The Morgan fingerprint density at radius 2 is 1.78 bits per heavy atom. The predicted octanol–water partition coefficient (Wildman–Crippen LogP) is 3.44. The number of benzene rings is 2. The van der Waals surface area contributed by atoms with Gasteiger partial charge in [0.25, 0.3) is 0 Å². The number of nitrogens with zero attached hydrogens (tertiary/aromatic N) is 2. The van der Waals surface area contributed by atoms with Crippen molar-refractivity contribution in [3.05, 3.63) is 65.7 Å². The van der Waals surface area contributed by atoms with Gasteiger partial charge in [-0.2, -0.15) is 0 Å². The number of hydrogen-bond acceptors (Lipinski definition) is 3. The molecule has 146 valence electrons. The Morgan fingerprint density at radius 3 is 2.41 bits per heavy atom. The molecule has 0 heterocycles. The number of aliphatic imine (C=N–C) groups is 1. The highest BCUT2D eigenvalue weighted by atomic mass is 16.5. The van der Waals surface area contributed by atoms with Crippen LogP contribution >= 0.6 is 0 Å². The molecule has 2 rings (SSSR count). The van der Waals surface area contributed by atoms with Crippen LogP contribution in [0.3, 0.4) is 0 Å². The van der Waals surface area contributed by atoms with Crippen LogP contribution in [-0.4, -0.2) is 45.2 Å².